The molecule has 7 N–H and O–H groups in total. The first-order chi connectivity index (χ1) is 29.0. The molecule has 8 atom stereocenters. The van der Waals surface area contributed by atoms with E-state index in [0.29, 0.717) is 6.42 Å². The Balaban J connectivity index is 1.45. The van der Waals surface area contributed by atoms with E-state index in [4.69, 9.17) is 10.5 Å². The summed E-state index contributed by atoms with van der Waals surface area (Å²) in [4.78, 5) is 108. The highest BCUT2D eigenvalue weighted by molar-refractivity contribution is 8.13. The minimum atomic E-state index is -5.95. The fraction of sp³-hybridized carbons (Fsp3) is 0.656. The Kier molecular flexibility index (Phi) is 19.5. The lowest BCUT2D eigenvalue weighted by Gasteiger charge is -2.36. The van der Waals surface area contributed by atoms with Crippen LogP contribution in [0.25, 0.3) is 11.2 Å². The number of allylic oxidation sites excluding steroid dienone is 2. The number of nitrogens with one attached hydrogen (secondary N) is 2. The number of thioether (sulfide) groups is 1. The van der Waals surface area contributed by atoms with Gasteiger partial charge in [0.15, 0.2) is 22.8 Å². The molecular formula is C32H47N7O20P3S-5. The van der Waals surface area contributed by atoms with Gasteiger partial charge in [0, 0.05) is 49.5 Å². The number of carbonyl (C=O) groups excluding carboxylic acids is 4. The van der Waals surface area contributed by atoms with E-state index in [9.17, 15) is 72.9 Å². The Hall–Kier alpha value is -3.27. The van der Waals surface area contributed by atoms with Gasteiger partial charge in [0.2, 0.25) is 11.8 Å². The van der Waals surface area contributed by atoms with Gasteiger partial charge >= 0.3 is 0 Å². The minimum Gasteiger partial charge on any atom is -0.790 e. The van der Waals surface area contributed by atoms with Crippen molar-refractivity contribution in [3.63, 3.8) is 0 Å². The normalized spacial score (nSPS) is 21.4. The van der Waals surface area contributed by atoms with Crippen molar-refractivity contribution in [3.8, 4) is 0 Å². The number of hydrogen-bond acceptors (Lipinski definition) is 25. The second-order valence-corrected chi connectivity index (χ2v) is 20.2. The standard InChI is InChI=1S/C32H52N7O20P3S/c1-18(2)6-5-8-32(47,12-21(41)42)13-22(43)63-11-10-34-20(40)7-9-35-29(46)26(45)31(3,4)15-56-62(53,54)59-61(51,52)55-14-19-25(58-60(48,49)50)24(44)30(57-19)39-17-38-23-27(33)36-16-37-28(23)39/h6,16-17,19,24-26,30,44-45,47H,5,7-15H2,1-4H3,(H,34,40)(H,35,46)(H,41,42)(H,51,52)(H,53,54)(H2,33,36,37)(H2,48,49,50)/p-5/t19-,24-,25-,26+,30-,32?/m1/s1. The number of aromatic nitrogens is 4. The molecule has 356 valence electrons. The van der Waals surface area contributed by atoms with Crippen molar-refractivity contribution in [1.29, 1.82) is 0 Å². The second kappa shape index (κ2) is 22.8. The minimum absolute atomic E-state index is 0.0131. The molecule has 3 unspecified atom stereocenters. The van der Waals surface area contributed by atoms with Crippen LogP contribution < -0.4 is 41.0 Å². The maximum absolute atomic E-state index is 12.6. The van der Waals surface area contributed by atoms with Gasteiger partial charge in [-0.05, 0) is 26.7 Å². The van der Waals surface area contributed by atoms with Crippen LogP contribution in [0.1, 0.15) is 66.0 Å². The summed E-state index contributed by atoms with van der Waals surface area (Å²) in [5.41, 5.74) is 3.12. The number of aliphatic hydroxyl groups is 3. The van der Waals surface area contributed by atoms with Gasteiger partial charge in [-0.2, -0.15) is 0 Å². The number of aliphatic hydroxyl groups excluding tert-OH is 2. The molecule has 0 aliphatic carbocycles. The van der Waals surface area contributed by atoms with Crippen molar-refractivity contribution >= 4 is 75.1 Å². The molecule has 2 aromatic heterocycles. The van der Waals surface area contributed by atoms with E-state index in [1.54, 1.807) is 6.08 Å². The van der Waals surface area contributed by atoms with E-state index >= 15 is 0 Å². The van der Waals surface area contributed by atoms with Gasteiger partial charge < -0.3 is 84.0 Å². The molecule has 0 spiro atoms. The number of carbonyl (C=O) groups is 4. The summed E-state index contributed by atoms with van der Waals surface area (Å²) < 4.78 is 60.6. The Morgan fingerprint density at radius 2 is 1.71 bits per heavy atom. The molecule has 3 rings (SSSR count). The first kappa shape index (κ1) is 54.1. The van der Waals surface area contributed by atoms with Crippen LogP contribution in [-0.2, 0) is 55.5 Å². The smallest absolute Gasteiger partial charge is 0.274 e. The predicted molar refractivity (Wildman–Crippen MR) is 206 cm³/mol. The number of imidazole rings is 1. The number of nitrogens with zero attached hydrogens (tertiary/aromatic N) is 4. The zero-order valence-corrected chi connectivity index (χ0v) is 37.6. The van der Waals surface area contributed by atoms with E-state index in [0.717, 1.165) is 48.4 Å². The molecule has 63 heavy (non-hydrogen) atoms. The Morgan fingerprint density at radius 1 is 1.05 bits per heavy atom. The first-order valence-corrected chi connectivity index (χ1v) is 23.9. The van der Waals surface area contributed by atoms with Gasteiger partial charge in [-0.15, -0.1) is 0 Å². The number of rotatable bonds is 26. The van der Waals surface area contributed by atoms with Crippen molar-refractivity contribution in [2.24, 2.45) is 5.41 Å². The van der Waals surface area contributed by atoms with Crippen LogP contribution in [0.3, 0.4) is 0 Å². The molecule has 2 aromatic rings. The number of nitrogens with two attached hydrogens (primary N) is 1. The van der Waals surface area contributed by atoms with E-state index in [-0.39, 0.29) is 48.7 Å². The summed E-state index contributed by atoms with van der Waals surface area (Å²) in [5.74, 6) is -3.19. The lowest BCUT2D eigenvalue weighted by molar-refractivity contribution is -0.347. The van der Waals surface area contributed by atoms with Gasteiger partial charge in [-0.25, -0.2) is 19.3 Å². The van der Waals surface area contributed by atoms with Crippen molar-refractivity contribution in [3.05, 3.63) is 24.3 Å². The van der Waals surface area contributed by atoms with E-state index < -0.39 is 114 Å². The summed E-state index contributed by atoms with van der Waals surface area (Å²) in [5, 5.41) is 47.4. The molecule has 1 aliphatic rings. The van der Waals surface area contributed by atoms with Gasteiger partial charge in [-0.1, -0.05) is 37.3 Å². The molecule has 1 saturated heterocycles. The molecular weight excluding hydrogens is 927 g/mol. The number of aliphatic carboxylic acids is 1. The van der Waals surface area contributed by atoms with E-state index in [2.05, 4.69) is 43.5 Å². The quantitative estimate of drug-likeness (QED) is 0.0298. The molecule has 0 radical (unpaired) electrons. The number of anilines is 1. The zero-order valence-electron chi connectivity index (χ0n) is 34.1. The summed E-state index contributed by atoms with van der Waals surface area (Å²) in [6.45, 7) is 3.30. The van der Waals surface area contributed by atoms with Gasteiger partial charge in [0.25, 0.3) is 15.6 Å². The van der Waals surface area contributed by atoms with Gasteiger partial charge in [-0.3, -0.25) is 28.1 Å². The summed E-state index contributed by atoms with van der Waals surface area (Å²) in [6, 6.07) is 0. The summed E-state index contributed by atoms with van der Waals surface area (Å²) >= 11 is 0.763. The van der Waals surface area contributed by atoms with Crippen LogP contribution in [0.4, 0.5) is 5.82 Å². The second-order valence-electron chi connectivity index (χ2n) is 15.0. The molecule has 1 aliphatic heterocycles. The molecule has 0 aromatic carbocycles. The summed E-state index contributed by atoms with van der Waals surface area (Å²) in [7, 11) is -17.7. The number of ether oxygens (including phenoxy) is 1. The SMILES string of the molecule is CC(C)=CCCC(O)(CC(=O)[O-])CC(=O)SCCNC(=O)CCNC(=O)[C@H](O)C(C)(C)COP(=O)([O-])OP(=O)([O-])OC[C@H]1O[C@@H](n2cnc3c(N)ncnc32)[C@H](O)[C@@H]1OP(=O)([O-])[O-]. The highest BCUT2D eigenvalue weighted by atomic mass is 32.2. The van der Waals surface area contributed by atoms with Crippen LogP contribution in [0.5, 0.6) is 0 Å². The van der Waals surface area contributed by atoms with Crippen molar-refractivity contribution in [2.75, 3.05) is 37.8 Å². The highest BCUT2D eigenvalue weighted by Crippen LogP contribution is 2.56. The average Bonchev–Trinajstić information content (AvgIpc) is 3.70. The Labute approximate surface area is 363 Å². The van der Waals surface area contributed by atoms with Crippen molar-refractivity contribution in [1.82, 2.24) is 30.2 Å². The van der Waals surface area contributed by atoms with Crippen molar-refractivity contribution < 1.29 is 95.5 Å². The topological polar surface area (TPSA) is 435 Å². The molecule has 2 amide bonds. The number of amides is 2. The fourth-order valence-corrected chi connectivity index (χ4v) is 9.27. The van der Waals surface area contributed by atoms with E-state index in [1.807, 2.05) is 13.8 Å². The molecule has 31 heteroatoms. The number of carboxylic acid groups (broad SMARTS) is 1. The van der Waals surface area contributed by atoms with Gasteiger partial charge in [0.05, 0.1) is 33.0 Å². The lowest BCUT2D eigenvalue weighted by atomic mass is 9.87. The van der Waals surface area contributed by atoms with Gasteiger partial charge in [0.1, 0.15) is 36.3 Å². The number of phosphoric ester groups is 3. The first-order valence-electron chi connectivity index (χ1n) is 18.6. The van der Waals surface area contributed by atoms with Crippen LogP contribution >= 0.6 is 35.2 Å². The Bertz CT molecular complexity index is 2120. The Morgan fingerprint density at radius 3 is 2.35 bits per heavy atom. The monoisotopic (exact) mass is 974 g/mol. The number of phosphoric acid groups is 3. The molecule has 3 heterocycles. The molecule has 1 fully saturated rings. The molecule has 0 bridgehead atoms. The third-order valence-corrected chi connectivity index (χ3v) is 12.7. The molecule has 0 saturated carbocycles. The molecule has 27 nitrogen and oxygen atoms in total. The largest absolute Gasteiger partial charge is 0.790 e. The maximum Gasteiger partial charge on any atom is 0.274 e. The zero-order chi connectivity index (χ0) is 47.6. The number of fused-ring (bicyclic) bond motifs is 1. The maximum atomic E-state index is 12.6. The highest BCUT2D eigenvalue weighted by Gasteiger charge is 2.47. The average molecular weight is 975 g/mol. The predicted octanol–water partition coefficient (Wildman–Crippen LogP) is -3.86. The van der Waals surface area contributed by atoms with Crippen LogP contribution in [0.15, 0.2) is 24.3 Å². The number of nitrogen functional groups attached to an aromatic ring is 1. The third kappa shape index (κ3) is 17.6. The summed E-state index contributed by atoms with van der Waals surface area (Å²) in [6.07, 6.45) is -6.92. The van der Waals surface area contributed by atoms with Crippen LogP contribution in [0, 0.1) is 5.41 Å². The number of hydrogen-bond donors (Lipinski definition) is 6. The van der Waals surface area contributed by atoms with Crippen LogP contribution in [0.2, 0.25) is 0 Å². The lowest BCUT2D eigenvalue weighted by Crippen LogP contribution is -2.46. The number of carboxylic acids is 1. The van der Waals surface area contributed by atoms with Crippen LogP contribution in [-0.4, -0.2) is 120 Å². The fourth-order valence-electron chi connectivity index (χ4n) is 5.73. The van der Waals surface area contributed by atoms with Crippen molar-refractivity contribution in [2.45, 2.75) is 96.0 Å². The third-order valence-electron chi connectivity index (χ3n) is 8.85. The van der Waals surface area contributed by atoms with E-state index in [1.165, 1.54) is 0 Å².